The van der Waals surface area contributed by atoms with Crippen molar-refractivity contribution >= 4 is 34.6 Å². The molecule has 27 heavy (non-hydrogen) atoms. The van der Waals surface area contributed by atoms with Crippen LogP contribution in [0.25, 0.3) is 11.0 Å². The summed E-state index contributed by atoms with van der Waals surface area (Å²) in [5.41, 5.74) is 2.12. The average molecular weight is 362 g/mol. The largest absolute Gasteiger partial charge is 0.284 e. The van der Waals surface area contributed by atoms with E-state index in [2.05, 4.69) is 9.98 Å². The number of aromatic nitrogens is 2. The molecule has 2 amide bonds. The number of aliphatic imine (C=N–C) groups is 1. The van der Waals surface area contributed by atoms with Gasteiger partial charge in [-0.05, 0) is 29.8 Å². The number of carbonyl (C=O) groups is 2. The summed E-state index contributed by atoms with van der Waals surface area (Å²) in [5.74, 6) is -1.25. The lowest BCUT2D eigenvalue weighted by Crippen LogP contribution is -2.50. The zero-order valence-corrected chi connectivity index (χ0v) is 14.5. The molecule has 1 aromatic heterocycles. The molecule has 0 saturated carbocycles. The highest BCUT2D eigenvalue weighted by molar-refractivity contribution is 6.20. The molecule has 0 fully saturated rings. The highest BCUT2D eigenvalue weighted by Gasteiger charge is 2.46. The van der Waals surface area contributed by atoms with E-state index < -0.39 is 17.7 Å². The van der Waals surface area contributed by atoms with E-state index in [1.54, 1.807) is 23.7 Å². The first kappa shape index (κ1) is 15.9. The van der Waals surface area contributed by atoms with Crippen LogP contribution in [0.4, 0.5) is 10.3 Å². The maximum atomic E-state index is 13.8. The van der Waals surface area contributed by atoms with Gasteiger partial charge in [0.05, 0.1) is 11.0 Å². The Morgan fingerprint density at radius 2 is 1.93 bits per heavy atom. The Morgan fingerprint density at radius 1 is 1.11 bits per heavy atom. The Balaban J connectivity index is 1.76. The van der Waals surface area contributed by atoms with Crippen LogP contribution < -0.4 is 4.90 Å². The monoisotopic (exact) mass is 362 g/mol. The molecule has 134 valence electrons. The molecule has 2 aliphatic heterocycles. The molecule has 5 rings (SSSR count). The normalized spacial score (nSPS) is 21.9. The molecule has 0 saturated heterocycles. The molecule has 0 radical (unpaired) electrons. The molecule has 0 bridgehead atoms. The number of amides is 2. The van der Waals surface area contributed by atoms with Crippen LogP contribution in [-0.4, -0.2) is 34.2 Å². The minimum atomic E-state index is -0.667. The van der Waals surface area contributed by atoms with Crippen molar-refractivity contribution in [3.05, 3.63) is 59.9 Å². The molecule has 0 N–H and O–H groups in total. The first-order valence-corrected chi connectivity index (χ1v) is 8.67. The smallest absolute Gasteiger partial charge is 0.248 e. The first-order valence-electron chi connectivity index (χ1n) is 8.67. The van der Waals surface area contributed by atoms with Crippen molar-refractivity contribution < 1.29 is 14.0 Å². The van der Waals surface area contributed by atoms with Gasteiger partial charge in [-0.15, -0.1) is 0 Å². The third-order valence-corrected chi connectivity index (χ3v) is 5.26. The van der Waals surface area contributed by atoms with E-state index in [0.29, 0.717) is 17.3 Å². The zero-order valence-electron chi connectivity index (χ0n) is 14.5. The van der Waals surface area contributed by atoms with E-state index in [4.69, 9.17) is 0 Å². The number of carbonyl (C=O) groups excluding carboxylic acids is 2. The number of halogens is 1. The molecule has 0 aliphatic carbocycles. The maximum absolute atomic E-state index is 13.8. The molecule has 3 heterocycles. The van der Waals surface area contributed by atoms with Gasteiger partial charge in [0.25, 0.3) is 0 Å². The summed E-state index contributed by atoms with van der Waals surface area (Å²) < 4.78 is 15.6. The molecule has 7 heteroatoms. The molecule has 2 unspecified atom stereocenters. The van der Waals surface area contributed by atoms with Gasteiger partial charge < -0.3 is 0 Å². The van der Waals surface area contributed by atoms with Crippen LogP contribution in [0.1, 0.15) is 17.9 Å². The van der Waals surface area contributed by atoms with E-state index >= 15 is 0 Å². The lowest BCUT2D eigenvalue weighted by Gasteiger charge is -2.37. The molecule has 0 spiro atoms. The molecular formula is C20H15FN4O2. The highest BCUT2D eigenvalue weighted by Crippen LogP contribution is 2.40. The SMILES string of the molecule is CN1C(=O)C2C(=NC(=O)CC2c2cccc(F)c2)n2c1nc1ccccc12. The first-order chi connectivity index (χ1) is 13.0. The van der Waals surface area contributed by atoms with Gasteiger partial charge in [0.15, 0.2) is 0 Å². The maximum Gasteiger partial charge on any atom is 0.248 e. The molecule has 2 aliphatic rings. The third kappa shape index (κ3) is 2.24. The van der Waals surface area contributed by atoms with Gasteiger partial charge in [-0.25, -0.2) is 9.37 Å². The van der Waals surface area contributed by atoms with Gasteiger partial charge in [-0.3, -0.25) is 19.1 Å². The van der Waals surface area contributed by atoms with Crippen LogP contribution >= 0.6 is 0 Å². The number of anilines is 1. The minimum Gasteiger partial charge on any atom is -0.284 e. The Bertz CT molecular complexity index is 1150. The Hall–Kier alpha value is -3.35. The summed E-state index contributed by atoms with van der Waals surface area (Å²) in [6.07, 6.45) is 0.0686. The van der Waals surface area contributed by atoms with Crippen LogP contribution in [0, 0.1) is 11.7 Å². The second-order valence-corrected chi connectivity index (χ2v) is 6.84. The number of benzene rings is 2. The fourth-order valence-corrected chi connectivity index (χ4v) is 4.02. The van der Waals surface area contributed by atoms with Gasteiger partial charge in [0.2, 0.25) is 17.8 Å². The van der Waals surface area contributed by atoms with Crippen molar-refractivity contribution in [2.75, 3.05) is 11.9 Å². The fraction of sp³-hybridized carbons (Fsp3) is 0.200. The predicted molar refractivity (Wildman–Crippen MR) is 98.2 cm³/mol. The molecular weight excluding hydrogens is 347 g/mol. The van der Waals surface area contributed by atoms with E-state index in [9.17, 15) is 14.0 Å². The number of hydrogen-bond donors (Lipinski definition) is 0. The standard InChI is InChI=1S/C20H15FN4O2/c1-24-19(27)17-13(11-5-4-6-12(21)9-11)10-16(26)23-18(17)25-15-8-3-2-7-14(15)22-20(24)25/h2-9,13,17H,10H2,1H3. The quantitative estimate of drug-likeness (QED) is 0.668. The summed E-state index contributed by atoms with van der Waals surface area (Å²) in [5, 5.41) is 0. The van der Waals surface area contributed by atoms with Crippen LogP contribution in [-0.2, 0) is 9.59 Å². The molecule has 3 aromatic rings. The van der Waals surface area contributed by atoms with E-state index in [1.807, 2.05) is 24.3 Å². The summed E-state index contributed by atoms with van der Waals surface area (Å²) in [6, 6.07) is 13.5. The van der Waals surface area contributed by atoms with E-state index in [0.717, 1.165) is 11.0 Å². The van der Waals surface area contributed by atoms with Crippen molar-refractivity contribution in [2.45, 2.75) is 12.3 Å². The van der Waals surface area contributed by atoms with Crippen LogP contribution in [0.15, 0.2) is 53.5 Å². The third-order valence-electron chi connectivity index (χ3n) is 5.26. The molecule has 2 atom stereocenters. The average Bonchev–Trinajstić information content (AvgIpc) is 3.05. The van der Waals surface area contributed by atoms with Crippen molar-refractivity contribution in [1.29, 1.82) is 0 Å². The topological polar surface area (TPSA) is 67.6 Å². The number of imidazole rings is 1. The van der Waals surface area contributed by atoms with Gasteiger partial charge in [0, 0.05) is 19.4 Å². The highest BCUT2D eigenvalue weighted by atomic mass is 19.1. The molecule has 2 aromatic carbocycles. The minimum absolute atomic E-state index is 0.0686. The second kappa shape index (κ2) is 5.57. The fourth-order valence-electron chi connectivity index (χ4n) is 4.02. The summed E-state index contributed by atoms with van der Waals surface area (Å²) in [6.45, 7) is 0. The number of fused-ring (bicyclic) bond motifs is 5. The predicted octanol–water partition coefficient (Wildman–Crippen LogP) is 2.73. The number of hydrogen-bond acceptors (Lipinski definition) is 3. The van der Waals surface area contributed by atoms with Crippen LogP contribution in [0.3, 0.4) is 0 Å². The second-order valence-electron chi connectivity index (χ2n) is 6.84. The van der Waals surface area contributed by atoms with Gasteiger partial charge in [0.1, 0.15) is 17.6 Å². The summed E-state index contributed by atoms with van der Waals surface area (Å²) in [7, 11) is 1.66. The van der Waals surface area contributed by atoms with Crippen molar-refractivity contribution in [3.8, 4) is 0 Å². The number of rotatable bonds is 1. The number of nitrogens with zero attached hydrogens (tertiary/aromatic N) is 4. The van der Waals surface area contributed by atoms with Gasteiger partial charge in [-0.2, -0.15) is 4.99 Å². The Morgan fingerprint density at radius 3 is 2.74 bits per heavy atom. The van der Waals surface area contributed by atoms with Crippen LogP contribution in [0.2, 0.25) is 0 Å². The van der Waals surface area contributed by atoms with Crippen molar-refractivity contribution in [2.24, 2.45) is 10.9 Å². The summed E-state index contributed by atoms with van der Waals surface area (Å²) in [4.78, 5) is 35.8. The van der Waals surface area contributed by atoms with E-state index in [-0.39, 0.29) is 18.2 Å². The van der Waals surface area contributed by atoms with Crippen molar-refractivity contribution in [1.82, 2.24) is 9.55 Å². The van der Waals surface area contributed by atoms with E-state index in [1.165, 1.54) is 17.0 Å². The van der Waals surface area contributed by atoms with Gasteiger partial charge >= 0.3 is 0 Å². The molecule has 6 nitrogen and oxygen atoms in total. The zero-order chi connectivity index (χ0) is 18.7. The lowest BCUT2D eigenvalue weighted by atomic mass is 9.79. The van der Waals surface area contributed by atoms with Gasteiger partial charge in [-0.1, -0.05) is 24.3 Å². The lowest BCUT2D eigenvalue weighted by molar-refractivity contribution is -0.123. The van der Waals surface area contributed by atoms with Crippen LogP contribution in [0.5, 0.6) is 0 Å². The summed E-state index contributed by atoms with van der Waals surface area (Å²) >= 11 is 0. The number of para-hydroxylation sites is 2. The Kier molecular flexibility index (Phi) is 3.28. The van der Waals surface area contributed by atoms with Crippen molar-refractivity contribution in [3.63, 3.8) is 0 Å². The Labute approximate surface area is 153 Å².